The average molecular weight is 1150 g/mol. The summed E-state index contributed by atoms with van der Waals surface area (Å²) in [7, 11) is 0. The molecule has 0 radical (unpaired) electrons. The molecule has 0 aliphatic carbocycles. The summed E-state index contributed by atoms with van der Waals surface area (Å²) >= 11 is 0. The van der Waals surface area contributed by atoms with E-state index in [9.17, 15) is 0 Å². The number of nitrogens with zero attached hydrogens (tertiary/aromatic N) is 2. The van der Waals surface area contributed by atoms with E-state index in [0.29, 0.717) is 145 Å². The molecule has 5 heterocycles. The first-order valence-corrected chi connectivity index (χ1v) is 30.1. The van der Waals surface area contributed by atoms with Crippen LogP contribution in [-0.2, 0) is 16.5 Å². The van der Waals surface area contributed by atoms with Gasteiger partial charge in [-0.2, -0.15) is 0 Å². The van der Waals surface area contributed by atoms with Crippen molar-refractivity contribution < 1.29 is 54.4 Å². The van der Waals surface area contributed by atoms with Gasteiger partial charge in [0.2, 0.25) is 0 Å². The Kier molecular flexibility index (Phi) is 22.1. The van der Waals surface area contributed by atoms with Crippen molar-refractivity contribution in [3.63, 3.8) is 0 Å². The van der Waals surface area contributed by atoms with Gasteiger partial charge in [-0.15, -0.1) is 0 Å². The Morgan fingerprint density at radius 1 is 0.259 bits per heavy atom. The van der Waals surface area contributed by atoms with Gasteiger partial charge in [-0.25, -0.2) is 0 Å². The fourth-order valence-electron chi connectivity index (χ4n) is 9.92. The number of rotatable bonds is 32. The van der Waals surface area contributed by atoms with Crippen molar-refractivity contribution in [2.75, 3.05) is 74.1 Å². The van der Waals surface area contributed by atoms with Gasteiger partial charge in [-0.3, -0.25) is 0 Å². The number of benzene rings is 4. The van der Waals surface area contributed by atoms with E-state index in [1.165, 1.54) is 0 Å². The molecule has 4 aromatic carbocycles. The molecule has 8 bridgehead atoms. The monoisotopic (exact) mass is 1150 g/mol. The number of nitrogens with one attached hydrogen (secondary N) is 6. The van der Waals surface area contributed by atoms with Crippen molar-refractivity contribution in [3.8, 4) is 46.0 Å². The SMILES string of the molecule is CCCCOc1ccc(OCCCC)c2c3[n-]c(c12)Nc1[nH]c(c2c(OCCCC)ccc(OCCCC)c12)Nc1[n-]c(c2c(OCCCC)ccc(OCCCC)c12)Nc1[nH]c(c2c(OCCCC)ccc(OCCCC)c12)N3.[Ni+2]. The predicted octanol–water partition coefficient (Wildman–Crippen LogP) is 17.6. The Bertz CT molecular complexity index is 2660. The molecule has 0 saturated carbocycles. The summed E-state index contributed by atoms with van der Waals surface area (Å²) in [5.41, 5.74) is 0. The molecule has 0 fully saturated rings. The third-order valence-electron chi connectivity index (χ3n) is 14.4. The molecular formula is C64H86N8NiO8. The zero-order chi connectivity index (χ0) is 55.8. The smallest absolute Gasteiger partial charge is 0.493 e. The van der Waals surface area contributed by atoms with Crippen LogP contribution in [-0.4, -0.2) is 62.8 Å². The minimum absolute atomic E-state index is 0. The van der Waals surface area contributed by atoms with Gasteiger partial charge in [0.05, 0.1) is 97.7 Å². The van der Waals surface area contributed by atoms with Crippen LogP contribution in [0.3, 0.4) is 0 Å². The van der Waals surface area contributed by atoms with E-state index in [-0.39, 0.29) is 16.5 Å². The number of aromatic nitrogens is 4. The Balaban J connectivity index is 0.00000860. The van der Waals surface area contributed by atoms with Crippen molar-refractivity contribution >= 4 is 89.6 Å². The van der Waals surface area contributed by atoms with Gasteiger partial charge in [0.25, 0.3) is 0 Å². The maximum atomic E-state index is 6.75. The van der Waals surface area contributed by atoms with Crippen molar-refractivity contribution in [2.45, 2.75) is 158 Å². The van der Waals surface area contributed by atoms with Crippen molar-refractivity contribution in [1.29, 1.82) is 0 Å². The number of fused-ring (bicyclic) bond motifs is 20. The van der Waals surface area contributed by atoms with E-state index in [2.05, 4.69) is 86.6 Å². The number of unbranched alkanes of at least 4 members (excludes halogenated alkanes) is 8. The molecule has 16 nitrogen and oxygen atoms in total. The van der Waals surface area contributed by atoms with Gasteiger partial charge >= 0.3 is 16.5 Å². The fourth-order valence-corrected chi connectivity index (χ4v) is 9.92. The zero-order valence-corrected chi connectivity index (χ0v) is 50.1. The summed E-state index contributed by atoms with van der Waals surface area (Å²) in [5, 5.41) is 21.6. The average Bonchev–Trinajstić information content (AvgIpc) is 4.44. The largest absolute Gasteiger partial charge is 2.00 e. The first kappa shape index (κ1) is 60.2. The van der Waals surface area contributed by atoms with Crippen LogP contribution in [0.2, 0.25) is 0 Å². The maximum absolute atomic E-state index is 6.75. The number of hydrogen-bond acceptors (Lipinski definition) is 12. The normalized spacial score (nSPS) is 12.0. The summed E-state index contributed by atoms with van der Waals surface area (Å²) < 4.78 is 54.0. The fraction of sp³-hybridized carbons (Fsp3) is 0.500. The second-order valence-electron chi connectivity index (χ2n) is 20.7. The second kappa shape index (κ2) is 29.7. The second-order valence-corrected chi connectivity index (χ2v) is 20.7. The van der Waals surface area contributed by atoms with Gasteiger partial charge in [0.1, 0.15) is 46.0 Å². The molecule has 8 aromatic rings. The summed E-state index contributed by atoms with van der Waals surface area (Å²) in [6, 6.07) is 16.1. The Morgan fingerprint density at radius 3 is 0.580 bits per heavy atom. The van der Waals surface area contributed by atoms with Crippen LogP contribution in [0.15, 0.2) is 48.5 Å². The maximum Gasteiger partial charge on any atom is 2.00 e. The number of aromatic amines is 2. The molecule has 4 aromatic heterocycles. The van der Waals surface area contributed by atoms with Crippen LogP contribution in [0, 0.1) is 0 Å². The van der Waals surface area contributed by atoms with Gasteiger partial charge < -0.3 is 79.1 Å². The van der Waals surface area contributed by atoms with Gasteiger partial charge in [-0.1, -0.05) is 107 Å². The molecule has 0 unspecified atom stereocenters. The van der Waals surface area contributed by atoms with Gasteiger partial charge in [-0.05, 0) is 99.9 Å². The number of ether oxygens (including phenoxy) is 8. The summed E-state index contributed by atoms with van der Waals surface area (Å²) in [4.78, 5) is 18.7. The molecule has 81 heavy (non-hydrogen) atoms. The first-order chi connectivity index (χ1) is 39.4. The van der Waals surface area contributed by atoms with Crippen molar-refractivity contribution in [3.05, 3.63) is 48.5 Å². The first-order valence-electron chi connectivity index (χ1n) is 30.1. The molecular weight excluding hydrogens is 1070 g/mol. The quantitative estimate of drug-likeness (QED) is 0.0173. The van der Waals surface area contributed by atoms with E-state index in [0.717, 1.165) is 146 Å². The van der Waals surface area contributed by atoms with Crippen LogP contribution in [0.4, 0.5) is 46.5 Å². The van der Waals surface area contributed by atoms with E-state index >= 15 is 0 Å². The van der Waals surface area contributed by atoms with E-state index in [1.807, 2.05) is 48.5 Å². The number of H-pyrrole nitrogens is 2. The van der Waals surface area contributed by atoms with Gasteiger partial charge in [0, 0.05) is 44.8 Å². The third kappa shape index (κ3) is 13.6. The predicted molar refractivity (Wildman–Crippen MR) is 327 cm³/mol. The molecule has 17 heteroatoms. The molecule has 440 valence electrons. The van der Waals surface area contributed by atoms with E-state index < -0.39 is 0 Å². The molecule has 6 N–H and O–H groups in total. The molecule has 1 aliphatic heterocycles. The standard InChI is InChI=1S/C64H86N8O8.Ni/c1-9-17-33-73-41-25-26-42(74-34-18-10-2)50-49(41)57-65-58(50)70-60-53-45(77-37-21-13-5)29-30-46(78-38-22-14-6)54(53)62(67-60)72-64-56-48(80-40-24-16-8)32-31-47(79-39-23-15-7)55(56)63(68-64)71-61-52-44(76-36-20-12-4)28-27-43(75-35-19-11-3)51(52)59(66-61)69-57;/h25-32,65,68-72H,9-24,33-40H2,1-8H3;/q-2;+2. The van der Waals surface area contributed by atoms with Gasteiger partial charge in [0.15, 0.2) is 0 Å². The Hall–Kier alpha value is -6.87. The summed E-state index contributed by atoms with van der Waals surface area (Å²) in [6.07, 6.45) is 14.9. The van der Waals surface area contributed by atoms with Crippen LogP contribution in [0.1, 0.15) is 158 Å². The Labute approximate surface area is 488 Å². The summed E-state index contributed by atoms with van der Waals surface area (Å²) in [5.74, 6) is 10.2. The van der Waals surface area contributed by atoms with Crippen LogP contribution >= 0.6 is 0 Å². The summed E-state index contributed by atoms with van der Waals surface area (Å²) in [6.45, 7) is 21.6. The van der Waals surface area contributed by atoms with E-state index in [1.54, 1.807) is 0 Å². The topological polar surface area (TPSA) is 182 Å². The Morgan fingerprint density at radius 2 is 0.420 bits per heavy atom. The third-order valence-corrected chi connectivity index (χ3v) is 14.4. The molecule has 0 spiro atoms. The van der Waals surface area contributed by atoms with Crippen molar-refractivity contribution in [2.24, 2.45) is 0 Å². The van der Waals surface area contributed by atoms with Crippen LogP contribution in [0.25, 0.3) is 43.1 Å². The number of anilines is 8. The van der Waals surface area contributed by atoms with Crippen LogP contribution < -0.4 is 69.1 Å². The molecule has 0 atom stereocenters. The van der Waals surface area contributed by atoms with Crippen molar-refractivity contribution in [1.82, 2.24) is 19.9 Å². The minimum atomic E-state index is 0. The zero-order valence-electron chi connectivity index (χ0n) is 49.1. The molecule has 0 amide bonds. The van der Waals surface area contributed by atoms with Crippen LogP contribution in [0.5, 0.6) is 46.0 Å². The minimum Gasteiger partial charge on any atom is -0.493 e. The molecule has 9 rings (SSSR count). The number of hydrogen-bond donors (Lipinski definition) is 6. The molecule has 1 aliphatic rings. The van der Waals surface area contributed by atoms with E-state index in [4.69, 9.17) is 47.9 Å². The molecule has 0 saturated heterocycles.